The summed E-state index contributed by atoms with van der Waals surface area (Å²) in [7, 11) is 0. The maximum Gasteiger partial charge on any atom is 0.251 e. The van der Waals surface area contributed by atoms with Gasteiger partial charge in [0.15, 0.2) is 0 Å². The summed E-state index contributed by atoms with van der Waals surface area (Å²) in [4.78, 5) is 12.6. The maximum absolute atomic E-state index is 12.6. The van der Waals surface area contributed by atoms with Crippen LogP contribution in [0.5, 0.6) is 11.5 Å². The Morgan fingerprint density at radius 1 is 1.21 bits per heavy atom. The van der Waals surface area contributed by atoms with Crippen LogP contribution in [0.25, 0.3) is 0 Å². The number of nitrogens with one attached hydrogen (secondary N) is 1. The van der Waals surface area contributed by atoms with Gasteiger partial charge in [0.1, 0.15) is 17.6 Å². The van der Waals surface area contributed by atoms with Gasteiger partial charge in [0.2, 0.25) is 0 Å². The van der Waals surface area contributed by atoms with Crippen molar-refractivity contribution >= 4 is 29.4 Å². The minimum absolute atomic E-state index is 0.0736. The van der Waals surface area contributed by atoms with Crippen molar-refractivity contribution in [2.45, 2.75) is 37.5 Å². The van der Waals surface area contributed by atoms with Crippen LogP contribution < -0.4 is 14.8 Å². The summed E-state index contributed by atoms with van der Waals surface area (Å²) in [6, 6.07) is 12.0. The van der Waals surface area contributed by atoms with Gasteiger partial charge in [0, 0.05) is 41.2 Å². The lowest BCUT2D eigenvalue weighted by atomic mass is 10.1. The average Bonchev–Trinajstić information content (AvgIpc) is 3.35. The second-order valence-electron chi connectivity index (χ2n) is 7.01. The predicted molar refractivity (Wildman–Crippen MR) is 117 cm³/mol. The van der Waals surface area contributed by atoms with Gasteiger partial charge in [-0.1, -0.05) is 12.1 Å². The van der Waals surface area contributed by atoms with E-state index < -0.39 is 0 Å². The number of carbonyl (C=O) groups is 1. The summed E-state index contributed by atoms with van der Waals surface area (Å²) in [5, 5.41) is 3.02. The van der Waals surface area contributed by atoms with Gasteiger partial charge in [0.25, 0.3) is 5.91 Å². The molecule has 1 N–H and O–H groups in total. The van der Waals surface area contributed by atoms with Crippen molar-refractivity contribution in [2.75, 3.05) is 18.1 Å². The van der Waals surface area contributed by atoms with Gasteiger partial charge < -0.3 is 14.8 Å². The maximum atomic E-state index is 12.6. The molecule has 148 valence electrons. The Hall–Kier alpha value is -1.79. The van der Waals surface area contributed by atoms with Crippen LogP contribution in [0, 0.1) is 0 Å². The molecule has 4 rings (SSSR count). The molecule has 0 bridgehead atoms. The van der Waals surface area contributed by atoms with Crippen LogP contribution in [0.4, 0.5) is 0 Å². The predicted octanol–water partition coefficient (Wildman–Crippen LogP) is 4.82. The van der Waals surface area contributed by atoms with Gasteiger partial charge in [-0.3, -0.25) is 4.79 Å². The number of fused-ring (bicyclic) bond motifs is 1. The molecule has 2 aliphatic heterocycles. The van der Waals surface area contributed by atoms with E-state index in [4.69, 9.17) is 9.47 Å². The van der Waals surface area contributed by atoms with Crippen LogP contribution in [0.2, 0.25) is 0 Å². The number of rotatable bonds is 6. The van der Waals surface area contributed by atoms with Crippen LogP contribution in [0.1, 0.15) is 45.5 Å². The molecule has 1 amide bonds. The minimum Gasteiger partial charge on any atom is -0.494 e. The quantitative estimate of drug-likeness (QED) is 0.733. The number of thioether (sulfide) groups is 2. The summed E-state index contributed by atoms with van der Waals surface area (Å²) >= 11 is 3.94. The number of ether oxygens (including phenoxy) is 2. The number of hydrogen-bond acceptors (Lipinski definition) is 5. The van der Waals surface area contributed by atoms with Crippen molar-refractivity contribution in [3.63, 3.8) is 0 Å². The lowest BCUT2D eigenvalue weighted by Crippen LogP contribution is -2.23. The van der Waals surface area contributed by atoms with E-state index in [1.165, 1.54) is 22.6 Å². The molecule has 1 atom stereocenters. The third-order valence-electron chi connectivity index (χ3n) is 4.89. The molecule has 4 nitrogen and oxygen atoms in total. The zero-order chi connectivity index (χ0) is 19.5. The van der Waals surface area contributed by atoms with Gasteiger partial charge >= 0.3 is 0 Å². The number of carbonyl (C=O) groups excluding carboxylic acids is 1. The highest BCUT2D eigenvalue weighted by molar-refractivity contribution is 8.19. The zero-order valence-electron chi connectivity index (χ0n) is 16.2. The highest BCUT2D eigenvalue weighted by atomic mass is 32.2. The van der Waals surface area contributed by atoms with Crippen LogP contribution in [0.15, 0.2) is 36.4 Å². The summed E-state index contributed by atoms with van der Waals surface area (Å²) in [5.41, 5.74) is 4.08. The standard InChI is InChI=1S/C22H25NO3S2/c1-3-25-19-11-17-10-14(2)26-20(17)12-18(19)13-23-21(24)15-4-6-16(7-5-15)22-27-8-9-28-22/h4-7,11-12,14,22H,3,8-10,13H2,1-2H3,(H,23,24)/t14-/m0/s1. The van der Waals surface area contributed by atoms with Crippen molar-refractivity contribution in [3.8, 4) is 11.5 Å². The molecule has 1 saturated heterocycles. The van der Waals surface area contributed by atoms with E-state index in [0.29, 0.717) is 23.3 Å². The first-order valence-electron chi connectivity index (χ1n) is 9.70. The van der Waals surface area contributed by atoms with Gasteiger partial charge in [-0.2, -0.15) is 0 Å². The summed E-state index contributed by atoms with van der Waals surface area (Å²) in [5.74, 6) is 4.04. The monoisotopic (exact) mass is 415 g/mol. The summed E-state index contributed by atoms with van der Waals surface area (Å²) < 4.78 is 12.2. The fourth-order valence-corrected chi connectivity index (χ4v) is 6.39. The number of hydrogen-bond donors (Lipinski definition) is 1. The fraction of sp³-hybridized carbons (Fsp3) is 0.409. The molecule has 0 saturated carbocycles. The Labute approximate surface area is 174 Å². The van der Waals surface area contributed by atoms with E-state index in [9.17, 15) is 4.79 Å². The first-order valence-corrected chi connectivity index (χ1v) is 11.8. The van der Waals surface area contributed by atoms with Crippen molar-refractivity contribution in [2.24, 2.45) is 0 Å². The molecule has 0 spiro atoms. The molecule has 0 radical (unpaired) electrons. The average molecular weight is 416 g/mol. The van der Waals surface area contributed by atoms with Crippen molar-refractivity contribution in [3.05, 3.63) is 58.7 Å². The fourth-order valence-electron chi connectivity index (χ4n) is 3.53. The van der Waals surface area contributed by atoms with Crippen molar-refractivity contribution in [1.29, 1.82) is 0 Å². The number of benzene rings is 2. The largest absolute Gasteiger partial charge is 0.494 e. The van der Waals surface area contributed by atoms with E-state index in [2.05, 4.69) is 30.4 Å². The SMILES string of the molecule is CCOc1cc2c(cc1CNC(=O)c1ccc(C3SCCS3)cc1)O[C@@H](C)C2. The first-order chi connectivity index (χ1) is 13.6. The molecule has 2 aromatic carbocycles. The molecular weight excluding hydrogens is 390 g/mol. The molecule has 6 heteroatoms. The van der Waals surface area contributed by atoms with Gasteiger partial charge in [0.05, 0.1) is 11.2 Å². The van der Waals surface area contributed by atoms with E-state index in [-0.39, 0.29) is 12.0 Å². The Morgan fingerprint density at radius 2 is 1.96 bits per heavy atom. The van der Waals surface area contributed by atoms with E-state index in [0.717, 1.165) is 23.5 Å². The van der Waals surface area contributed by atoms with Crippen LogP contribution in [0.3, 0.4) is 0 Å². The lowest BCUT2D eigenvalue weighted by Gasteiger charge is -2.14. The molecule has 1 fully saturated rings. The Balaban J connectivity index is 1.43. The molecule has 2 heterocycles. The van der Waals surface area contributed by atoms with Crippen LogP contribution in [-0.4, -0.2) is 30.1 Å². The molecule has 0 unspecified atom stereocenters. The first kappa shape index (κ1) is 19.5. The molecule has 0 aliphatic carbocycles. The van der Waals surface area contributed by atoms with E-state index in [1.807, 2.05) is 48.6 Å². The third kappa shape index (κ3) is 4.28. The van der Waals surface area contributed by atoms with Crippen molar-refractivity contribution in [1.82, 2.24) is 5.32 Å². The third-order valence-corrected chi connectivity index (χ3v) is 7.99. The second kappa shape index (κ2) is 8.70. The highest BCUT2D eigenvalue weighted by Crippen LogP contribution is 2.45. The zero-order valence-corrected chi connectivity index (χ0v) is 17.8. The molecular formula is C22H25NO3S2. The van der Waals surface area contributed by atoms with E-state index in [1.54, 1.807) is 0 Å². The molecule has 2 aromatic rings. The van der Waals surface area contributed by atoms with Crippen LogP contribution >= 0.6 is 23.5 Å². The summed E-state index contributed by atoms with van der Waals surface area (Å²) in [6.45, 7) is 5.04. The van der Waals surface area contributed by atoms with Crippen LogP contribution in [-0.2, 0) is 13.0 Å². The Bertz CT molecular complexity index is 848. The Kier molecular flexibility index (Phi) is 6.07. The molecule has 28 heavy (non-hydrogen) atoms. The molecule has 0 aromatic heterocycles. The van der Waals surface area contributed by atoms with Gasteiger partial charge in [-0.15, -0.1) is 23.5 Å². The topological polar surface area (TPSA) is 47.6 Å². The smallest absolute Gasteiger partial charge is 0.251 e. The normalized spacial score (nSPS) is 18.6. The minimum atomic E-state index is -0.0736. The van der Waals surface area contributed by atoms with E-state index >= 15 is 0 Å². The molecule has 2 aliphatic rings. The highest BCUT2D eigenvalue weighted by Gasteiger charge is 2.22. The lowest BCUT2D eigenvalue weighted by molar-refractivity contribution is 0.0950. The second-order valence-corrected chi connectivity index (χ2v) is 9.74. The summed E-state index contributed by atoms with van der Waals surface area (Å²) in [6.07, 6.45) is 1.08. The van der Waals surface area contributed by atoms with Crippen molar-refractivity contribution < 1.29 is 14.3 Å². The Morgan fingerprint density at radius 3 is 2.68 bits per heavy atom. The number of amides is 1. The van der Waals surface area contributed by atoms with Gasteiger partial charge in [-0.25, -0.2) is 0 Å². The van der Waals surface area contributed by atoms with Gasteiger partial charge in [-0.05, 0) is 43.7 Å².